The molecule has 1 aliphatic rings. The van der Waals surface area contributed by atoms with Gasteiger partial charge in [0.25, 0.3) is 0 Å². The molecule has 3 nitrogen and oxygen atoms in total. The molecule has 2 N–H and O–H groups in total. The predicted molar refractivity (Wildman–Crippen MR) is 89.1 cm³/mol. The molecule has 1 aromatic rings. The summed E-state index contributed by atoms with van der Waals surface area (Å²) >= 11 is 5.30. The van der Waals surface area contributed by atoms with Gasteiger partial charge >= 0.3 is 0 Å². The van der Waals surface area contributed by atoms with Crippen LogP contribution in [0.25, 0.3) is 0 Å². The molecule has 0 radical (unpaired) electrons. The lowest BCUT2D eigenvalue weighted by atomic mass is 9.86. The third kappa shape index (κ3) is 4.30. The van der Waals surface area contributed by atoms with E-state index in [4.69, 9.17) is 12.2 Å². The highest BCUT2D eigenvalue weighted by Crippen LogP contribution is 2.23. The molecule has 0 amide bonds. The van der Waals surface area contributed by atoms with E-state index in [9.17, 15) is 0 Å². The highest BCUT2D eigenvalue weighted by Gasteiger charge is 2.21. The molecule has 20 heavy (non-hydrogen) atoms. The normalized spacial score (nSPS) is 22.7. The molecule has 0 spiro atoms. The minimum atomic E-state index is 0.484. The van der Waals surface area contributed by atoms with Crippen LogP contribution in [0.15, 0.2) is 29.4 Å². The number of aryl methyl sites for hydroxylation is 1. The molecule has 0 aromatic heterocycles. The van der Waals surface area contributed by atoms with Gasteiger partial charge in [-0.25, -0.2) is 0 Å². The van der Waals surface area contributed by atoms with E-state index >= 15 is 0 Å². The number of thiocarbonyl (C=S) groups is 1. The summed E-state index contributed by atoms with van der Waals surface area (Å²) in [4.78, 5) is 0. The molecule has 0 bridgehead atoms. The van der Waals surface area contributed by atoms with Crippen molar-refractivity contribution in [2.24, 2.45) is 11.0 Å². The van der Waals surface area contributed by atoms with E-state index in [-0.39, 0.29) is 0 Å². The second-order valence-corrected chi connectivity index (χ2v) is 5.98. The number of hydrogen-bond acceptors (Lipinski definition) is 2. The number of hydrazone groups is 1. The molecule has 1 aromatic carbocycles. The molecule has 2 rings (SSSR count). The van der Waals surface area contributed by atoms with Crippen LogP contribution in [0.1, 0.15) is 43.7 Å². The summed E-state index contributed by atoms with van der Waals surface area (Å²) < 4.78 is 0. The number of nitrogens with zero attached hydrogens (tertiary/aromatic N) is 1. The first-order chi connectivity index (χ1) is 9.66. The monoisotopic (exact) mass is 289 g/mol. The Labute approximate surface area is 126 Å². The van der Waals surface area contributed by atoms with Gasteiger partial charge in [-0.05, 0) is 49.0 Å². The third-order valence-corrected chi connectivity index (χ3v) is 4.20. The van der Waals surface area contributed by atoms with Crippen molar-refractivity contribution in [3.05, 3.63) is 35.4 Å². The number of benzene rings is 1. The summed E-state index contributed by atoms with van der Waals surface area (Å²) in [5.41, 5.74) is 5.23. The first-order valence-electron chi connectivity index (χ1n) is 7.32. The molecule has 108 valence electrons. The molecule has 0 aliphatic heterocycles. The number of hydrogen-bond donors (Lipinski definition) is 2. The van der Waals surface area contributed by atoms with E-state index < -0.39 is 0 Å². The average molecular weight is 289 g/mol. The third-order valence-electron chi connectivity index (χ3n) is 3.99. The van der Waals surface area contributed by atoms with Gasteiger partial charge in [-0.15, -0.1) is 0 Å². The molecule has 0 unspecified atom stereocenters. The van der Waals surface area contributed by atoms with E-state index in [1.54, 1.807) is 0 Å². The zero-order valence-electron chi connectivity index (χ0n) is 12.2. The van der Waals surface area contributed by atoms with E-state index in [2.05, 4.69) is 35.8 Å². The Balaban J connectivity index is 1.81. The van der Waals surface area contributed by atoms with Crippen LogP contribution in [0.3, 0.4) is 0 Å². The van der Waals surface area contributed by atoms with Gasteiger partial charge in [0.2, 0.25) is 0 Å². The standard InChI is InChI=1S/C16H23N3S/c1-12-7-3-5-9-14(12)11-17-19-16(20)18-15-10-6-4-8-13(15)2/h3,5,7,9,11,13,15H,4,6,8,10H2,1-2H3,(H2,18,19,20)/b17-11-/t13-,15-/m1/s1. The van der Waals surface area contributed by atoms with E-state index in [0.29, 0.717) is 17.1 Å². The fourth-order valence-electron chi connectivity index (χ4n) is 2.62. The largest absolute Gasteiger partial charge is 0.358 e. The van der Waals surface area contributed by atoms with Gasteiger partial charge in [0.15, 0.2) is 5.11 Å². The molecule has 1 saturated carbocycles. The summed E-state index contributed by atoms with van der Waals surface area (Å²) in [5.74, 6) is 0.684. The minimum Gasteiger partial charge on any atom is -0.358 e. The van der Waals surface area contributed by atoms with Crippen molar-refractivity contribution in [1.82, 2.24) is 10.7 Å². The van der Waals surface area contributed by atoms with Gasteiger partial charge < -0.3 is 5.32 Å². The molecule has 1 fully saturated rings. The van der Waals surface area contributed by atoms with E-state index in [1.807, 2.05) is 24.4 Å². The van der Waals surface area contributed by atoms with Gasteiger partial charge in [-0.1, -0.05) is 44.0 Å². The minimum absolute atomic E-state index is 0.484. The highest BCUT2D eigenvalue weighted by molar-refractivity contribution is 7.80. The lowest BCUT2D eigenvalue weighted by Gasteiger charge is -2.30. The zero-order chi connectivity index (χ0) is 14.4. The Morgan fingerprint density at radius 2 is 2.05 bits per heavy atom. The molecule has 4 heteroatoms. The molecular formula is C16H23N3S. The zero-order valence-corrected chi connectivity index (χ0v) is 13.0. The topological polar surface area (TPSA) is 36.4 Å². The molecule has 0 heterocycles. The first-order valence-corrected chi connectivity index (χ1v) is 7.73. The van der Waals surface area contributed by atoms with Gasteiger partial charge in [0.05, 0.1) is 6.21 Å². The maximum absolute atomic E-state index is 5.30. The van der Waals surface area contributed by atoms with Crippen LogP contribution in [0, 0.1) is 12.8 Å². The first kappa shape index (κ1) is 15.0. The van der Waals surface area contributed by atoms with Crippen molar-refractivity contribution in [3.8, 4) is 0 Å². The molecule has 0 saturated heterocycles. The van der Waals surface area contributed by atoms with Crippen LogP contribution in [0.5, 0.6) is 0 Å². The van der Waals surface area contributed by atoms with Crippen LogP contribution in [0.4, 0.5) is 0 Å². The van der Waals surface area contributed by atoms with Crippen LogP contribution >= 0.6 is 12.2 Å². The second-order valence-electron chi connectivity index (χ2n) is 5.57. The maximum Gasteiger partial charge on any atom is 0.187 e. The summed E-state index contributed by atoms with van der Waals surface area (Å²) in [6.07, 6.45) is 6.92. The van der Waals surface area contributed by atoms with Crippen molar-refractivity contribution in [3.63, 3.8) is 0 Å². The molecule has 1 aliphatic carbocycles. The maximum atomic E-state index is 5.30. The second kappa shape index (κ2) is 7.39. The average Bonchev–Trinajstić information content (AvgIpc) is 2.43. The van der Waals surface area contributed by atoms with Gasteiger partial charge in [-0.2, -0.15) is 5.10 Å². The van der Waals surface area contributed by atoms with E-state index in [1.165, 1.54) is 31.2 Å². The fourth-order valence-corrected chi connectivity index (χ4v) is 2.83. The van der Waals surface area contributed by atoms with Crippen molar-refractivity contribution in [2.75, 3.05) is 0 Å². The Kier molecular flexibility index (Phi) is 5.53. The number of rotatable bonds is 3. The van der Waals surface area contributed by atoms with Crippen molar-refractivity contribution >= 4 is 23.5 Å². The number of nitrogens with one attached hydrogen (secondary N) is 2. The SMILES string of the molecule is Cc1ccccc1/C=N\NC(=S)N[C@@H]1CCCC[C@H]1C. The summed E-state index contributed by atoms with van der Waals surface area (Å²) in [7, 11) is 0. The van der Waals surface area contributed by atoms with Crippen LogP contribution in [0.2, 0.25) is 0 Å². The Morgan fingerprint density at radius 1 is 1.30 bits per heavy atom. The molecule has 2 atom stereocenters. The van der Waals surface area contributed by atoms with Crippen LogP contribution < -0.4 is 10.7 Å². The van der Waals surface area contributed by atoms with Crippen LogP contribution in [-0.4, -0.2) is 17.4 Å². The summed E-state index contributed by atoms with van der Waals surface area (Å²) in [6.45, 7) is 4.36. The van der Waals surface area contributed by atoms with Crippen LogP contribution in [-0.2, 0) is 0 Å². The van der Waals surface area contributed by atoms with Crippen molar-refractivity contribution < 1.29 is 0 Å². The van der Waals surface area contributed by atoms with E-state index in [0.717, 1.165) is 5.56 Å². The Morgan fingerprint density at radius 3 is 2.80 bits per heavy atom. The summed E-state index contributed by atoms with van der Waals surface area (Å²) in [6, 6.07) is 8.63. The predicted octanol–water partition coefficient (Wildman–Crippen LogP) is 3.37. The van der Waals surface area contributed by atoms with Gasteiger partial charge in [-0.3, -0.25) is 5.43 Å². The highest BCUT2D eigenvalue weighted by atomic mass is 32.1. The van der Waals surface area contributed by atoms with Gasteiger partial charge in [0, 0.05) is 6.04 Å². The summed E-state index contributed by atoms with van der Waals surface area (Å²) in [5, 5.41) is 8.21. The van der Waals surface area contributed by atoms with Crippen molar-refractivity contribution in [2.45, 2.75) is 45.6 Å². The van der Waals surface area contributed by atoms with Crippen molar-refractivity contribution in [1.29, 1.82) is 0 Å². The fraction of sp³-hybridized carbons (Fsp3) is 0.500. The Hall–Kier alpha value is -1.42. The van der Waals surface area contributed by atoms with Gasteiger partial charge in [0.1, 0.15) is 0 Å². The lowest BCUT2D eigenvalue weighted by molar-refractivity contribution is 0.308. The molecular weight excluding hydrogens is 266 g/mol. The smallest absolute Gasteiger partial charge is 0.187 e. The lowest BCUT2D eigenvalue weighted by Crippen LogP contribution is -2.44. The Bertz CT molecular complexity index is 484. The quantitative estimate of drug-likeness (QED) is 0.509.